The number of aliphatic imine (C=N–C) groups is 1. The van der Waals surface area contributed by atoms with Crippen LogP contribution in [0.5, 0.6) is 0 Å². The molecule has 0 amide bonds. The van der Waals surface area contributed by atoms with Gasteiger partial charge in [0.15, 0.2) is 16.9 Å². The van der Waals surface area contributed by atoms with E-state index in [1.165, 1.54) is 12.8 Å². The molecule has 2 N–H and O–H groups in total. The molecule has 0 saturated carbocycles. The van der Waals surface area contributed by atoms with Gasteiger partial charge in [0.1, 0.15) is 6.54 Å². The molecule has 0 unspecified atom stereocenters. The molecule has 2 aromatic heterocycles. The minimum atomic E-state index is 0. The smallest absolute Gasteiger partial charge is 0.191 e. The summed E-state index contributed by atoms with van der Waals surface area (Å²) < 4.78 is 5.48. The third kappa shape index (κ3) is 7.11. The summed E-state index contributed by atoms with van der Waals surface area (Å²) in [5, 5.41) is 14.2. The molecule has 3 rings (SSSR count). The van der Waals surface area contributed by atoms with E-state index in [1.807, 2.05) is 6.07 Å². The predicted molar refractivity (Wildman–Crippen MR) is 135 cm³/mol. The first kappa shape index (κ1) is 24.9. The minimum absolute atomic E-state index is 0. The zero-order valence-electron chi connectivity index (χ0n) is 18.3. The molecule has 1 saturated heterocycles. The first-order chi connectivity index (χ1) is 14.2. The Kier molecular flexibility index (Phi) is 10.9. The molecule has 30 heavy (non-hydrogen) atoms. The van der Waals surface area contributed by atoms with Gasteiger partial charge in [-0.1, -0.05) is 19.0 Å². The lowest BCUT2D eigenvalue weighted by molar-refractivity contribution is 0.372. The van der Waals surface area contributed by atoms with Crippen LogP contribution in [0.2, 0.25) is 0 Å². The lowest BCUT2D eigenvalue weighted by Crippen LogP contribution is -2.38. The number of thiazole rings is 1. The van der Waals surface area contributed by atoms with E-state index in [0.29, 0.717) is 12.5 Å². The Labute approximate surface area is 201 Å². The predicted octanol–water partition coefficient (Wildman–Crippen LogP) is 4.55. The third-order valence-electron chi connectivity index (χ3n) is 5.31. The summed E-state index contributed by atoms with van der Waals surface area (Å²) in [5.41, 5.74) is 2.18. The van der Waals surface area contributed by atoms with Crippen LogP contribution < -0.4 is 15.5 Å². The molecule has 1 aliphatic rings. The van der Waals surface area contributed by atoms with Crippen LogP contribution in [0.4, 0.5) is 5.13 Å². The maximum absolute atomic E-state index is 5.48. The van der Waals surface area contributed by atoms with Crippen molar-refractivity contribution in [3.63, 3.8) is 0 Å². The van der Waals surface area contributed by atoms with Gasteiger partial charge in [0, 0.05) is 50.0 Å². The molecule has 1 fully saturated rings. The van der Waals surface area contributed by atoms with E-state index in [-0.39, 0.29) is 24.0 Å². The fourth-order valence-electron chi connectivity index (χ4n) is 3.58. The van der Waals surface area contributed by atoms with Gasteiger partial charge in [0.25, 0.3) is 0 Å². The van der Waals surface area contributed by atoms with Gasteiger partial charge < -0.3 is 20.1 Å². The molecule has 0 radical (unpaired) electrons. The van der Waals surface area contributed by atoms with Gasteiger partial charge in [0.2, 0.25) is 0 Å². The number of hydrogen-bond acceptors (Lipinski definition) is 6. The Morgan fingerprint density at radius 3 is 2.70 bits per heavy atom. The van der Waals surface area contributed by atoms with E-state index < -0.39 is 0 Å². The van der Waals surface area contributed by atoms with Gasteiger partial charge in [-0.25, -0.2) is 9.98 Å². The van der Waals surface area contributed by atoms with Crippen LogP contribution >= 0.6 is 35.3 Å². The second kappa shape index (κ2) is 13.1. The van der Waals surface area contributed by atoms with E-state index >= 15 is 0 Å². The average Bonchev–Trinajstić information content (AvgIpc) is 3.48. The molecule has 1 aliphatic heterocycles. The number of hydrogen-bond donors (Lipinski definition) is 2. The van der Waals surface area contributed by atoms with Crippen molar-refractivity contribution in [2.45, 2.75) is 65.3 Å². The Morgan fingerprint density at radius 1 is 1.23 bits per heavy atom. The Balaban J connectivity index is 0.00000320. The highest BCUT2D eigenvalue weighted by Crippen LogP contribution is 2.24. The molecular weight excluding hydrogens is 511 g/mol. The lowest BCUT2D eigenvalue weighted by Gasteiger charge is -2.12. The molecule has 0 aromatic carbocycles. The van der Waals surface area contributed by atoms with Crippen molar-refractivity contribution in [1.82, 2.24) is 20.8 Å². The summed E-state index contributed by atoms with van der Waals surface area (Å²) in [6.45, 7) is 10.8. The van der Waals surface area contributed by atoms with E-state index in [0.717, 1.165) is 73.7 Å². The summed E-state index contributed by atoms with van der Waals surface area (Å²) in [7, 11) is 0. The molecule has 0 spiro atoms. The maximum Gasteiger partial charge on any atom is 0.191 e. The van der Waals surface area contributed by atoms with Crippen LogP contribution in [0.1, 0.15) is 69.5 Å². The summed E-state index contributed by atoms with van der Waals surface area (Å²) in [6.07, 6.45) is 5.60. The zero-order valence-corrected chi connectivity index (χ0v) is 21.5. The van der Waals surface area contributed by atoms with Crippen LogP contribution in [0.3, 0.4) is 0 Å². The first-order valence-electron chi connectivity index (χ1n) is 10.9. The number of halogens is 1. The van der Waals surface area contributed by atoms with Crippen LogP contribution in [0, 0.1) is 0 Å². The highest BCUT2D eigenvalue weighted by atomic mass is 127. The van der Waals surface area contributed by atoms with Crippen molar-refractivity contribution in [2.24, 2.45) is 4.99 Å². The van der Waals surface area contributed by atoms with Gasteiger partial charge in [-0.05, 0) is 32.6 Å². The van der Waals surface area contributed by atoms with E-state index in [2.05, 4.69) is 51.8 Å². The van der Waals surface area contributed by atoms with Crippen molar-refractivity contribution in [3.05, 3.63) is 28.6 Å². The summed E-state index contributed by atoms with van der Waals surface area (Å²) in [4.78, 5) is 11.8. The first-order valence-corrected chi connectivity index (χ1v) is 11.8. The normalized spacial score (nSPS) is 14.3. The van der Waals surface area contributed by atoms with Gasteiger partial charge in [-0.2, -0.15) is 0 Å². The fourth-order valence-corrected chi connectivity index (χ4v) is 4.49. The van der Waals surface area contributed by atoms with Gasteiger partial charge in [-0.3, -0.25) is 0 Å². The highest BCUT2D eigenvalue weighted by Gasteiger charge is 2.15. The standard InChI is InChI=1S/C21H34N6OS.HI/c1-4-16(5-2)19-13-18(28-26-19)14-24-20(22-6-3)23-10-9-17-15-29-21(25-17)27-11-7-8-12-27;/h13,15-16H,4-12,14H2,1-3H3,(H2,22,23,24);1H. The molecule has 2 aromatic rings. The number of nitrogens with zero attached hydrogens (tertiary/aromatic N) is 4. The molecule has 0 bridgehead atoms. The van der Waals surface area contributed by atoms with Crippen LogP contribution in [0.25, 0.3) is 0 Å². The number of aromatic nitrogens is 2. The monoisotopic (exact) mass is 546 g/mol. The van der Waals surface area contributed by atoms with Crippen LogP contribution in [-0.2, 0) is 13.0 Å². The largest absolute Gasteiger partial charge is 0.359 e. The van der Waals surface area contributed by atoms with Crippen molar-refractivity contribution >= 4 is 46.4 Å². The fraction of sp³-hybridized carbons (Fsp3) is 0.667. The Bertz CT molecular complexity index is 767. The number of anilines is 1. The Morgan fingerprint density at radius 2 is 2.00 bits per heavy atom. The van der Waals surface area contributed by atoms with Crippen molar-refractivity contribution < 1.29 is 4.52 Å². The van der Waals surface area contributed by atoms with E-state index in [9.17, 15) is 0 Å². The minimum Gasteiger partial charge on any atom is -0.359 e. The van der Waals surface area contributed by atoms with Gasteiger partial charge in [-0.15, -0.1) is 35.3 Å². The average molecular weight is 547 g/mol. The van der Waals surface area contributed by atoms with Crippen LogP contribution in [-0.4, -0.2) is 42.3 Å². The van der Waals surface area contributed by atoms with E-state index in [4.69, 9.17) is 9.51 Å². The summed E-state index contributed by atoms with van der Waals surface area (Å²) >= 11 is 1.75. The van der Waals surface area contributed by atoms with E-state index in [1.54, 1.807) is 11.3 Å². The topological polar surface area (TPSA) is 78.6 Å². The number of guanidine groups is 1. The Hall–Kier alpha value is -1.36. The van der Waals surface area contributed by atoms with Crippen LogP contribution in [0.15, 0.2) is 21.0 Å². The molecule has 9 heteroatoms. The molecule has 0 atom stereocenters. The van der Waals surface area contributed by atoms with Crippen molar-refractivity contribution in [3.8, 4) is 0 Å². The quantitative estimate of drug-likeness (QED) is 0.259. The molecule has 3 heterocycles. The molecule has 0 aliphatic carbocycles. The van der Waals surface area contributed by atoms with Crippen molar-refractivity contribution in [1.29, 1.82) is 0 Å². The highest BCUT2D eigenvalue weighted by molar-refractivity contribution is 14.0. The SMILES string of the molecule is CCNC(=NCc1cc(C(CC)CC)no1)NCCc1csc(N2CCCC2)n1.I. The summed E-state index contributed by atoms with van der Waals surface area (Å²) in [6, 6.07) is 2.04. The molecular formula is C21H35IN6OS. The third-order valence-corrected chi connectivity index (χ3v) is 6.26. The lowest BCUT2D eigenvalue weighted by atomic mass is 9.99. The van der Waals surface area contributed by atoms with Gasteiger partial charge >= 0.3 is 0 Å². The summed E-state index contributed by atoms with van der Waals surface area (Å²) in [5.74, 6) is 2.06. The number of nitrogens with one attached hydrogen (secondary N) is 2. The molecule has 168 valence electrons. The second-order valence-corrected chi connectivity index (χ2v) is 8.26. The van der Waals surface area contributed by atoms with Gasteiger partial charge in [0.05, 0.1) is 11.4 Å². The molecule has 7 nitrogen and oxygen atoms in total. The van der Waals surface area contributed by atoms with Crippen molar-refractivity contribution in [2.75, 3.05) is 31.1 Å². The maximum atomic E-state index is 5.48. The second-order valence-electron chi connectivity index (χ2n) is 7.42. The zero-order chi connectivity index (χ0) is 20.5. The number of rotatable bonds is 10.